The number of fused-ring (bicyclic) bond motifs is 1. The lowest BCUT2D eigenvalue weighted by molar-refractivity contribution is 1.23. The fourth-order valence-corrected chi connectivity index (χ4v) is 2.19. The quantitative estimate of drug-likeness (QED) is 0.720. The van der Waals surface area contributed by atoms with Crippen LogP contribution in [0, 0.1) is 11.3 Å². The second-order valence-corrected chi connectivity index (χ2v) is 4.38. The molecule has 3 heteroatoms. The van der Waals surface area contributed by atoms with Gasteiger partial charge in [0.1, 0.15) is 6.07 Å². The molecule has 0 fully saturated rings. The third kappa shape index (κ3) is 1.95. The molecule has 2 rings (SSSR count). The smallest absolute Gasteiger partial charge is 0.154 e. The van der Waals surface area contributed by atoms with Crippen LogP contribution in [0.5, 0.6) is 0 Å². The largest absolute Gasteiger partial charge is 0.236 e. The van der Waals surface area contributed by atoms with Gasteiger partial charge in [-0.05, 0) is 17.9 Å². The van der Waals surface area contributed by atoms with Gasteiger partial charge in [0.15, 0.2) is 5.69 Å². The minimum atomic E-state index is 0.528. The molecular weight excluding hydrogens is 204 g/mol. The maximum Gasteiger partial charge on any atom is 0.154 e. The van der Waals surface area contributed by atoms with E-state index in [1.165, 1.54) is 0 Å². The summed E-state index contributed by atoms with van der Waals surface area (Å²) in [5.41, 5.74) is 1.41. The Balaban J connectivity index is 2.65. The second kappa shape index (κ2) is 4.33. The van der Waals surface area contributed by atoms with Crippen molar-refractivity contribution in [3.63, 3.8) is 0 Å². The summed E-state index contributed by atoms with van der Waals surface area (Å²) < 4.78 is 0. The van der Waals surface area contributed by atoms with Gasteiger partial charge in [0, 0.05) is 10.3 Å². The molecule has 0 bridgehead atoms. The van der Waals surface area contributed by atoms with Crippen molar-refractivity contribution < 1.29 is 0 Å². The van der Waals surface area contributed by atoms with Gasteiger partial charge >= 0.3 is 0 Å². The number of hydrogen-bond donors (Lipinski definition) is 0. The van der Waals surface area contributed by atoms with Crippen LogP contribution >= 0.6 is 11.8 Å². The monoisotopic (exact) mass is 214 g/mol. The molecule has 2 nitrogen and oxygen atoms in total. The van der Waals surface area contributed by atoms with Gasteiger partial charge in [-0.25, -0.2) is 4.98 Å². The van der Waals surface area contributed by atoms with E-state index in [-0.39, 0.29) is 0 Å². The van der Waals surface area contributed by atoms with Crippen LogP contribution < -0.4 is 0 Å². The van der Waals surface area contributed by atoms with Crippen molar-refractivity contribution in [2.45, 2.75) is 11.8 Å². The van der Waals surface area contributed by atoms with E-state index in [2.05, 4.69) is 18.0 Å². The summed E-state index contributed by atoms with van der Waals surface area (Å²) in [5, 5.41) is 10.1. The SMILES string of the molecule is CCSc1cc2ccccc2nc1C#N. The van der Waals surface area contributed by atoms with E-state index in [4.69, 9.17) is 5.26 Å². The first-order chi connectivity index (χ1) is 7.35. The highest BCUT2D eigenvalue weighted by Crippen LogP contribution is 2.24. The minimum absolute atomic E-state index is 0.528. The first-order valence-corrected chi connectivity index (χ1v) is 5.76. The number of para-hydroxylation sites is 1. The summed E-state index contributed by atoms with van der Waals surface area (Å²) in [5.74, 6) is 0.953. The van der Waals surface area contributed by atoms with E-state index < -0.39 is 0 Å². The van der Waals surface area contributed by atoms with Gasteiger partial charge in [0.25, 0.3) is 0 Å². The molecule has 0 atom stereocenters. The maximum atomic E-state index is 8.98. The summed E-state index contributed by atoms with van der Waals surface area (Å²) in [6.45, 7) is 2.07. The van der Waals surface area contributed by atoms with E-state index in [1.54, 1.807) is 11.8 Å². The average molecular weight is 214 g/mol. The number of aromatic nitrogens is 1. The minimum Gasteiger partial charge on any atom is -0.236 e. The Kier molecular flexibility index (Phi) is 2.89. The number of benzene rings is 1. The second-order valence-electron chi connectivity index (χ2n) is 3.07. The Morgan fingerprint density at radius 2 is 2.20 bits per heavy atom. The molecule has 0 saturated heterocycles. The van der Waals surface area contributed by atoms with Crippen LogP contribution in [-0.4, -0.2) is 10.7 Å². The summed E-state index contributed by atoms with van der Waals surface area (Å²) >= 11 is 1.66. The number of thioether (sulfide) groups is 1. The molecule has 0 aliphatic rings. The van der Waals surface area contributed by atoms with Crippen molar-refractivity contribution in [3.05, 3.63) is 36.0 Å². The lowest BCUT2D eigenvalue weighted by Crippen LogP contribution is -1.89. The Labute approximate surface area is 92.9 Å². The van der Waals surface area contributed by atoms with Crippen molar-refractivity contribution in [1.29, 1.82) is 5.26 Å². The summed E-state index contributed by atoms with van der Waals surface area (Å²) in [6.07, 6.45) is 0. The van der Waals surface area contributed by atoms with E-state index in [0.717, 1.165) is 21.6 Å². The molecule has 1 heterocycles. The molecule has 2 aromatic rings. The molecule has 0 radical (unpaired) electrons. The lowest BCUT2D eigenvalue weighted by Gasteiger charge is -2.03. The highest BCUT2D eigenvalue weighted by Gasteiger charge is 2.05. The lowest BCUT2D eigenvalue weighted by atomic mass is 10.2. The Morgan fingerprint density at radius 1 is 1.40 bits per heavy atom. The normalized spacial score (nSPS) is 10.1. The van der Waals surface area contributed by atoms with Gasteiger partial charge in [0.2, 0.25) is 0 Å². The van der Waals surface area contributed by atoms with Crippen molar-refractivity contribution in [2.75, 3.05) is 5.75 Å². The van der Waals surface area contributed by atoms with Gasteiger partial charge in [0.05, 0.1) is 5.52 Å². The predicted octanol–water partition coefficient (Wildman–Crippen LogP) is 3.22. The van der Waals surface area contributed by atoms with Crippen LogP contribution in [0.1, 0.15) is 12.6 Å². The van der Waals surface area contributed by atoms with Gasteiger partial charge in [-0.1, -0.05) is 25.1 Å². The summed E-state index contributed by atoms with van der Waals surface area (Å²) in [6, 6.07) is 12.0. The Bertz CT molecular complexity index is 529. The van der Waals surface area contributed by atoms with Gasteiger partial charge in [-0.3, -0.25) is 0 Å². The summed E-state index contributed by atoms with van der Waals surface area (Å²) in [7, 11) is 0. The van der Waals surface area contributed by atoms with E-state index in [9.17, 15) is 0 Å². The molecule has 0 spiro atoms. The molecule has 1 aromatic carbocycles. The van der Waals surface area contributed by atoms with Crippen LogP contribution in [0.3, 0.4) is 0 Å². The fraction of sp³-hybridized carbons (Fsp3) is 0.167. The zero-order valence-electron chi connectivity index (χ0n) is 8.40. The molecule has 0 aliphatic heterocycles. The third-order valence-corrected chi connectivity index (χ3v) is 3.01. The molecule has 0 aliphatic carbocycles. The fourth-order valence-electron chi connectivity index (χ4n) is 1.44. The van der Waals surface area contributed by atoms with Gasteiger partial charge < -0.3 is 0 Å². The third-order valence-electron chi connectivity index (χ3n) is 2.09. The van der Waals surface area contributed by atoms with Crippen LogP contribution in [-0.2, 0) is 0 Å². The molecular formula is C12H10N2S. The van der Waals surface area contributed by atoms with Crippen molar-refractivity contribution >= 4 is 22.7 Å². The summed E-state index contributed by atoms with van der Waals surface area (Å²) in [4.78, 5) is 5.30. The van der Waals surface area contributed by atoms with Gasteiger partial charge in [-0.15, -0.1) is 11.8 Å². The maximum absolute atomic E-state index is 8.98. The molecule has 0 saturated carbocycles. The molecule has 15 heavy (non-hydrogen) atoms. The van der Waals surface area contributed by atoms with Crippen molar-refractivity contribution in [1.82, 2.24) is 4.98 Å². The van der Waals surface area contributed by atoms with Crippen molar-refractivity contribution in [2.24, 2.45) is 0 Å². The highest BCUT2D eigenvalue weighted by atomic mass is 32.2. The number of nitriles is 1. The highest BCUT2D eigenvalue weighted by molar-refractivity contribution is 7.99. The molecule has 74 valence electrons. The molecule has 0 amide bonds. The zero-order valence-corrected chi connectivity index (χ0v) is 9.21. The number of nitrogens with zero attached hydrogens (tertiary/aromatic N) is 2. The number of rotatable bonds is 2. The number of hydrogen-bond acceptors (Lipinski definition) is 3. The van der Waals surface area contributed by atoms with E-state index in [0.29, 0.717) is 5.69 Å². The van der Waals surface area contributed by atoms with E-state index >= 15 is 0 Å². The zero-order chi connectivity index (χ0) is 10.7. The van der Waals surface area contributed by atoms with Crippen molar-refractivity contribution in [3.8, 4) is 6.07 Å². The number of pyridine rings is 1. The average Bonchev–Trinajstić information content (AvgIpc) is 2.28. The topological polar surface area (TPSA) is 36.7 Å². The molecule has 0 unspecified atom stereocenters. The Morgan fingerprint density at radius 3 is 2.93 bits per heavy atom. The van der Waals surface area contributed by atoms with Gasteiger partial charge in [-0.2, -0.15) is 5.26 Å². The van der Waals surface area contributed by atoms with E-state index in [1.807, 2.05) is 30.3 Å². The first kappa shape index (κ1) is 10.0. The molecule has 0 N–H and O–H groups in total. The van der Waals surface area contributed by atoms with Crippen LogP contribution in [0.2, 0.25) is 0 Å². The van der Waals surface area contributed by atoms with Crippen LogP contribution in [0.4, 0.5) is 0 Å². The van der Waals surface area contributed by atoms with Crippen LogP contribution in [0.15, 0.2) is 35.2 Å². The Hall–Kier alpha value is -1.53. The predicted molar refractivity (Wildman–Crippen MR) is 62.9 cm³/mol. The van der Waals surface area contributed by atoms with Crippen LogP contribution in [0.25, 0.3) is 10.9 Å². The standard InChI is InChI=1S/C12H10N2S/c1-2-15-12-7-9-5-3-4-6-10(9)14-11(12)8-13/h3-7H,2H2,1H3. The molecule has 1 aromatic heterocycles. The first-order valence-electron chi connectivity index (χ1n) is 4.78.